The monoisotopic (exact) mass is 451 g/mol. The zero-order valence-electron chi connectivity index (χ0n) is 18.4. The summed E-state index contributed by atoms with van der Waals surface area (Å²) >= 11 is 0. The molecule has 3 aromatic rings. The summed E-state index contributed by atoms with van der Waals surface area (Å²) in [4.78, 5) is 24.8. The standard InChI is InChI=1S/C24H26FN5O3/c1-33-24(32)27-20(14-16-8-4-2-5-9-16)23(31)26-17-11-12-19(25)18(15-17)22-29-28-21-10-6-3-7-13-30(21)22/h2,4-5,8-9,11-12,15,20H,3,6-7,10,13-14H2,1H3,(H,26,31)(H,27,32). The van der Waals surface area contributed by atoms with Gasteiger partial charge in [-0.05, 0) is 36.6 Å². The lowest BCUT2D eigenvalue weighted by Crippen LogP contribution is -2.45. The van der Waals surface area contributed by atoms with Gasteiger partial charge in [-0.15, -0.1) is 10.2 Å². The highest BCUT2D eigenvalue weighted by atomic mass is 19.1. The van der Waals surface area contributed by atoms with Gasteiger partial charge in [0.15, 0.2) is 5.82 Å². The Labute approximate surface area is 191 Å². The molecule has 0 bridgehead atoms. The molecule has 8 nitrogen and oxygen atoms in total. The molecule has 33 heavy (non-hydrogen) atoms. The molecule has 172 valence electrons. The second-order valence-corrected chi connectivity index (χ2v) is 7.96. The van der Waals surface area contributed by atoms with E-state index in [1.54, 1.807) is 6.07 Å². The van der Waals surface area contributed by atoms with Gasteiger partial charge >= 0.3 is 6.09 Å². The van der Waals surface area contributed by atoms with E-state index in [0.29, 0.717) is 11.5 Å². The highest BCUT2D eigenvalue weighted by Gasteiger charge is 2.23. The van der Waals surface area contributed by atoms with E-state index < -0.39 is 23.9 Å². The Bertz CT molecular complexity index is 1130. The second-order valence-electron chi connectivity index (χ2n) is 7.96. The molecule has 1 atom stereocenters. The largest absolute Gasteiger partial charge is 0.453 e. The lowest BCUT2D eigenvalue weighted by molar-refractivity contribution is -0.118. The number of fused-ring (bicyclic) bond motifs is 1. The number of nitrogens with one attached hydrogen (secondary N) is 2. The van der Waals surface area contributed by atoms with E-state index in [-0.39, 0.29) is 12.0 Å². The van der Waals surface area contributed by atoms with Gasteiger partial charge in [0.25, 0.3) is 0 Å². The van der Waals surface area contributed by atoms with Crippen molar-refractivity contribution in [2.24, 2.45) is 0 Å². The zero-order chi connectivity index (χ0) is 23.2. The van der Waals surface area contributed by atoms with Crippen LogP contribution in [0.1, 0.15) is 30.7 Å². The SMILES string of the molecule is COC(=O)NC(Cc1ccccc1)C(=O)Nc1ccc(F)c(-c2nnc3n2CCCCC3)c1. The molecular formula is C24H26FN5O3. The van der Waals surface area contributed by atoms with E-state index in [1.165, 1.54) is 19.2 Å². The second kappa shape index (κ2) is 10.2. The molecule has 1 unspecified atom stereocenters. The number of aryl methyl sites for hydroxylation is 1. The number of rotatable bonds is 6. The number of nitrogens with zero attached hydrogens (tertiary/aromatic N) is 3. The number of aromatic nitrogens is 3. The quantitative estimate of drug-likeness (QED) is 0.595. The van der Waals surface area contributed by atoms with Crippen LogP contribution in [-0.2, 0) is 28.9 Å². The van der Waals surface area contributed by atoms with Crippen LogP contribution in [0.15, 0.2) is 48.5 Å². The third kappa shape index (κ3) is 5.36. The average Bonchev–Trinajstić information content (AvgIpc) is 3.07. The van der Waals surface area contributed by atoms with Crippen LogP contribution in [0.3, 0.4) is 0 Å². The Morgan fingerprint density at radius 1 is 1.12 bits per heavy atom. The number of methoxy groups -OCH3 is 1. The van der Waals surface area contributed by atoms with Crippen molar-refractivity contribution in [3.63, 3.8) is 0 Å². The molecule has 2 heterocycles. The molecule has 0 radical (unpaired) electrons. The van der Waals surface area contributed by atoms with Crippen molar-refractivity contribution in [3.05, 3.63) is 65.7 Å². The van der Waals surface area contributed by atoms with E-state index in [4.69, 9.17) is 0 Å². The van der Waals surface area contributed by atoms with Crippen LogP contribution in [0.5, 0.6) is 0 Å². The molecule has 9 heteroatoms. The summed E-state index contributed by atoms with van der Waals surface area (Å²) in [5.74, 6) is 0.415. The maximum atomic E-state index is 14.7. The molecule has 2 N–H and O–H groups in total. The third-order valence-electron chi connectivity index (χ3n) is 5.66. The molecule has 2 amide bonds. The van der Waals surface area contributed by atoms with Crippen LogP contribution >= 0.6 is 0 Å². The van der Waals surface area contributed by atoms with Crippen LogP contribution in [-0.4, -0.2) is 39.9 Å². The zero-order valence-corrected chi connectivity index (χ0v) is 18.4. The third-order valence-corrected chi connectivity index (χ3v) is 5.66. The molecule has 0 saturated carbocycles. The van der Waals surface area contributed by atoms with Crippen molar-refractivity contribution in [3.8, 4) is 11.4 Å². The summed E-state index contributed by atoms with van der Waals surface area (Å²) < 4.78 is 21.4. The van der Waals surface area contributed by atoms with Crippen molar-refractivity contribution < 1.29 is 18.7 Å². The minimum Gasteiger partial charge on any atom is -0.453 e. The number of carbonyl (C=O) groups is 2. The van der Waals surface area contributed by atoms with Crippen molar-refractivity contribution in [1.82, 2.24) is 20.1 Å². The highest BCUT2D eigenvalue weighted by Crippen LogP contribution is 2.27. The normalized spacial score (nSPS) is 14.0. The van der Waals surface area contributed by atoms with Crippen molar-refractivity contribution in [1.29, 1.82) is 0 Å². The summed E-state index contributed by atoms with van der Waals surface area (Å²) in [6, 6.07) is 12.8. The first-order chi connectivity index (χ1) is 16.0. The van der Waals surface area contributed by atoms with Crippen molar-refractivity contribution in [2.75, 3.05) is 12.4 Å². The van der Waals surface area contributed by atoms with E-state index in [0.717, 1.165) is 43.6 Å². The van der Waals surface area contributed by atoms with Crippen molar-refractivity contribution in [2.45, 2.75) is 44.7 Å². The lowest BCUT2D eigenvalue weighted by Gasteiger charge is -2.18. The first kappa shape index (κ1) is 22.4. The Morgan fingerprint density at radius 3 is 2.73 bits per heavy atom. The maximum absolute atomic E-state index is 14.7. The summed E-state index contributed by atoms with van der Waals surface area (Å²) in [6.45, 7) is 0.732. The molecule has 0 saturated heterocycles. The molecule has 0 spiro atoms. The molecule has 2 aromatic carbocycles. The first-order valence-electron chi connectivity index (χ1n) is 11.0. The fourth-order valence-electron chi connectivity index (χ4n) is 3.95. The lowest BCUT2D eigenvalue weighted by atomic mass is 10.1. The Hall–Kier alpha value is -3.75. The fourth-order valence-corrected chi connectivity index (χ4v) is 3.95. The number of benzene rings is 2. The molecule has 0 aliphatic carbocycles. The van der Waals surface area contributed by atoms with Gasteiger partial charge in [-0.2, -0.15) is 0 Å². The molecular weight excluding hydrogens is 425 g/mol. The number of amides is 2. The number of halogens is 1. The summed E-state index contributed by atoms with van der Waals surface area (Å²) in [5.41, 5.74) is 1.54. The molecule has 1 aliphatic heterocycles. The van der Waals surface area contributed by atoms with E-state index in [2.05, 4.69) is 25.6 Å². The Morgan fingerprint density at radius 2 is 1.94 bits per heavy atom. The van der Waals surface area contributed by atoms with Gasteiger partial charge in [-0.1, -0.05) is 36.8 Å². The predicted molar refractivity (Wildman–Crippen MR) is 121 cm³/mol. The molecule has 0 fully saturated rings. The van der Waals surface area contributed by atoms with E-state index in [9.17, 15) is 14.0 Å². The molecule has 4 rings (SSSR count). The molecule has 1 aliphatic rings. The number of hydrogen-bond donors (Lipinski definition) is 2. The molecule has 1 aromatic heterocycles. The summed E-state index contributed by atoms with van der Waals surface area (Å²) in [7, 11) is 1.24. The number of hydrogen-bond acceptors (Lipinski definition) is 5. The maximum Gasteiger partial charge on any atom is 0.407 e. The topological polar surface area (TPSA) is 98.1 Å². The van der Waals surface area contributed by atoms with Crippen LogP contribution in [0.4, 0.5) is 14.9 Å². The Kier molecular flexibility index (Phi) is 6.97. The van der Waals surface area contributed by atoms with Crippen LogP contribution in [0, 0.1) is 5.82 Å². The van der Waals surface area contributed by atoms with Gasteiger partial charge in [0.05, 0.1) is 12.7 Å². The van der Waals surface area contributed by atoms with Crippen LogP contribution in [0.2, 0.25) is 0 Å². The van der Waals surface area contributed by atoms with Gasteiger partial charge in [0, 0.05) is 25.1 Å². The van der Waals surface area contributed by atoms with Gasteiger partial charge < -0.3 is 19.9 Å². The Balaban J connectivity index is 1.57. The minimum atomic E-state index is -0.877. The van der Waals surface area contributed by atoms with Crippen LogP contribution in [0.25, 0.3) is 11.4 Å². The summed E-state index contributed by atoms with van der Waals surface area (Å²) in [5, 5.41) is 13.8. The highest BCUT2D eigenvalue weighted by molar-refractivity contribution is 5.97. The van der Waals surface area contributed by atoms with Gasteiger partial charge in [0.1, 0.15) is 17.7 Å². The van der Waals surface area contributed by atoms with Crippen LogP contribution < -0.4 is 10.6 Å². The summed E-state index contributed by atoms with van der Waals surface area (Å²) in [6.07, 6.45) is 3.48. The van der Waals surface area contributed by atoms with Gasteiger partial charge in [0.2, 0.25) is 5.91 Å². The average molecular weight is 452 g/mol. The predicted octanol–water partition coefficient (Wildman–Crippen LogP) is 3.72. The number of carbonyl (C=O) groups excluding carboxylic acids is 2. The van der Waals surface area contributed by atoms with Gasteiger partial charge in [-0.25, -0.2) is 9.18 Å². The number of anilines is 1. The first-order valence-corrected chi connectivity index (χ1v) is 11.0. The fraction of sp³-hybridized carbons (Fsp3) is 0.333. The van der Waals surface area contributed by atoms with E-state index >= 15 is 0 Å². The van der Waals surface area contributed by atoms with Gasteiger partial charge in [-0.3, -0.25) is 4.79 Å². The number of ether oxygens (including phenoxy) is 1. The smallest absolute Gasteiger partial charge is 0.407 e. The van der Waals surface area contributed by atoms with E-state index in [1.807, 2.05) is 34.9 Å². The number of alkyl carbamates (subject to hydrolysis) is 1. The minimum absolute atomic E-state index is 0.271. The van der Waals surface area contributed by atoms with Crippen molar-refractivity contribution >= 4 is 17.7 Å².